The average Bonchev–Trinajstić information content (AvgIpc) is 2.79. The van der Waals surface area contributed by atoms with Gasteiger partial charge in [0.05, 0.1) is 0 Å². The summed E-state index contributed by atoms with van der Waals surface area (Å²) in [5.41, 5.74) is 5.87. The minimum absolute atomic E-state index is 0.133. The van der Waals surface area contributed by atoms with E-state index in [0.29, 0.717) is 18.6 Å². The first kappa shape index (κ1) is 13.9. The molecule has 2 atom stereocenters. The minimum atomic E-state index is -0.133. The van der Waals surface area contributed by atoms with Crippen molar-refractivity contribution in [3.8, 4) is 0 Å². The number of nitrogens with zero attached hydrogens (tertiary/aromatic N) is 1. The molecule has 1 fully saturated rings. The van der Waals surface area contributed by atoms with E-state index in [1.165, 1.54) is 25.8 Å². The van der Waals surface area contributed by atoms with Crippen LogP contribution < -0.4 is 5.73 Å². The van der Waals surface area contributed by atoms with E-state index in [2.05, 4.69) is 11.8 Å². The molecular formula is C12H26N2O2. The largest absolute Gasteiger partial charge is 0.356 e. The molecule has 0 saturated carbocycles. The van der Waals surface area contributed by atoms with E-state index >= 15 is 0 Å². The Bertz CT molecular complexity index is 186. The fraction of sp³-hybridized carbons (Fsp3) is 1.00. The predicted molar refractivity (Wildman–Crippen MR) is 65.3 cm³/mol. The molecule has 0 aromatic rings. The summed E-state index contributed by atoms with van der Waals surface area (Å²) in [5.74, 6) is 0. The van der Waals surface area contributed by atoms with Gasteiger partial charge in [-0.15, -0.1) is 0 Å². The summed E-state index contributed by atoms with van der Waals surface area (Å²) >= 11 is 0. The van der Waals surface area contributed by atoms with Crippen LogP contribution in [0.1, 0.15) is 32.6 Å². The lowest BCUT2D eigenvalue weighted by Crippen LogP contribution is -2.45. The lowest BCUT2D eigenvalue weighted by Gasteiger charge is -2.33. The Hall–Kier alpha value is -0.160. The van der Waals surface area contributed by atoms with Crippen molar-refractivity contribution in [2.24, 2.45) is 5.73 Å². The second kappa shape index (κ2) is 7.22. The maximum Gasteiger partial charge on any atom is 0.158 e. The maximum atomic E-state index is 5.87. The number of ether oxygens (including phenoxy) is 2. The first-order valence-electron chi connectivity index (χ1n) is 6.28. The summed E-state index contributed by atoms with van der Waals surface area (Å²) in [6, 6.07) is 1.08. The molecule has 2 N–H and O–H groups in total. The third-order valence-corrected chi connectivity index (χ3v) is 3.63. The van der Waals surface area contributed by atoms with Crippen LogP contribution in [0, 0.1) is 0 Å². The van der Waals surface area contributed by atoms with Crippen molar-refractivity contribution < 1.29 is 9.47 Å². The van der Waals surface area contributed by atoms with Crippen molar-refractivity contribution in [1.82, 2.24) is 4.90 Å². The lowest BCUT2D eigenvalue weighted by molar-refractivity contribution is -0.117. The predicted octanol–water partition coefficient (Wildman–Crippen LogP) is 1.20. The van der Waals surface area contributed by atoms with Gasteiger partial charge in [0, 0.05) is 39.3 Å². The summed E-state index contributed by atoms with van der Waals surface area (Å²) in [6.45, 7) is 4.10. The average molecular weight is 230 g/mol. The van der Waals surface area contributed by atoms with Gasteiger partial charge in [0.15, 0.2) is 6.29 Å². The van der Waals surface area contributed by atoms with Crippen LogP contribution in [0.25, 0.3) is 0 Å². The molecule has 0 aliphatic carbocycles. The number of rotatable bonds is 7. The van der Waals surface area contributed by atoms with Gasteiger partial charge >= 0.3 is 0 Å². The van der Waals surface area contributed by atoms with Gasteiger partial charge < -0.3 is 15.2 Å². The summed E-state index contributed by atoms with van der Waals surface area (Å²) in [7, 11) is 3.37. The van der Waals surface area contributed by atoms with E-state index in [1.807, 2.05) is 0 Å². The van der Waals surface area contributed by atoms with Gasteiger partial charge in [-0.1, -0.05) is 6.92 Å². The van der Waals surface area contributed by atoms with Crippen LogP contribution in [0.5, 0.6) is 0 Å². The highest BCUT2D eigenvalue weighted by Gasteiger charge is 2.30. The Morgan fingerprint density at radius 3 is 2.56 bits per heavy atom. The molecule has 1 saturated heterocycles. The Kier molecular flexibility index (Phi) is 6.28. The molecule has 1 aliphatic rings. The van der Waals surface area contributed by atoms with Crippen LogP contribution in [0.4, 0.5) is 0 Å². The van der Waals surface area contributed by atoms with Crippen LogP contribution in [-0.4, -0.2) is 50.6 Å². The number of methoxy groups -OCH3 is 2. The molecule has 0 spiro atoms. The van der Waals surface area contributed by atoms with E-state index in [-0.39, 0.29) is 6.29 Å². The van der Waals surface area contributed by atoms with Crippen LogP contribution >= 0.6 is 0 Å². The summed E-state index contributed by atoms with van der Waals surface area (Å²) in [6.07, 6.45) is 4.53. The van der Waals surface area contributed by atoms with Crippen molar-refractivity contribution in [1.29, 1.82) is 0 Å². The molecular weight excluding hydrogens is 204 g/mol. The van der Waals surface area contributed by atoms with Gasteiger partial charge in [-0.3, -0.25) is 4.90 Å². The molecule has 16 heavy (non-hydrogen) atoms. The molecule has 2 unspecified atom stereocenters. The SMILES string of the molecule is CCC1CCCN1C(CN)CC(OC)OC. The van der Waals surface area contributed by atoms with Crippen molar-refractivity contribution in [3.63, 3.8) is 0 Å². The molecule has 4 heteroatoms. The molecule has 0 bridgehead atoms. The molecule has 1 rings (SSSR count). The number of likely N-dealkylation sites (tertiary alicyclic amines) is 1. The van der Waals surface area contributed by atoms with Crippen LogP contribution in [0.3, 0.4) is 0 Å². The summed E-state index contributed by atoms with van der Waals surface area (Å²) in [4.78, 5) is 2.53. The quantitative estimate of drug-likeness (QED) is 0.668. The zero-order valence-corrected chi connectivity index (χ0v) is 10.8. The zero-order valence-electron chi connectivity index (χ0n) is 10.8. The zero-order chi connectivity index (χ0) is 12.0. The van der Waals surface area contributed by atoms with Crippen molar-refractivity contribution in [2.45, 2.75) is 51.0 Å². The normalized spacial score (nSPS) is 24.2. The number of hydrogen-bond donors (Lipinski definition) is 1. The van der Waals surface area contributed by atoms with Gasteiger partial charge in [0.2, 0.25) is 0 Å². The summed E-state index contributed by atoms with van der Waals surface area (Å²) in [5, 5.41) is 0. The Morgan fingerprint density at radius 1 is 1.38 bits per heavy atom. The molecule has 0 radical (unpaired) electrons. The third-order valence-electron chi connectivity index (χ3n) is 3.63. The van der Waals surface area contributed by atoms with Crippen LogP contribution in [0.15, 0.2) is 0 Å². The van der Waals surface area contributed by atoms with Crippen molar-refractivity contribution >= 4 is 0 Å². The Balaban J connectivity index is 2.52. The number of hydrogen-bond acceptors (Lipinski definition) is 4. The third kappa shape index (κ3) is 3.42. The van der Waals surface area contributed by atoms with Gasteiger partial charge in [0.1, 0.15) is 0 Å². The topological polar surface area (TPSA) is 47.7 Å². The van der Waals surface area contributed by atoms with Crippen LogP contribution in [0.2, 0.25) is 0 Å². The fourth-order valence-corrected chi connectivity index (χ4v) is 2.66. The first-order chi connectivity index (χ1) is 7.76. The second-order valence-electron chi connectivity index (χ2n) is 4.47. The van der Waals surface area contributed by atoms with E-state index in [4.69, 9.17) is 15.2 Å². The molecule has 4 nitrogen and oxygen atoms in total. The maximum absolute atomic E-state index is 5.87. The Labute approximate surface area is 99.1 Å². The van der Waals surface area contributed by atoms with Gasteiger partial charge in [-0.05, 0) is 25.8 Å². The highest BCUT2D eigenvalue weighted by Crippen LogP contribution is 2.24. The standard InChI is InChI=1S/C12H26N2O2/c1-4-10-6-5-7-14(10)11(9-13)8-12(15-2)16-3/h10-12H,4-9,13H2,1-3H3. The van der Waals surface area contributed by atoms with E-state index in [1.54, 1.807) is 14.2 Å². The highest BCUT2D eigenvalue weighted by molar-refractivity contribution is 4.85. The minimum Gasteiger partial charge on any atom is -0.356 e. The van der Waals surface area contributed by atoms with Crippen LogP contribution in [-0.2, 0) is 9.47 Å². The molecule has 0 aromatic heterocycles. The highest BCUT2D eigenvalue weighted by atomic mass is 16.7. The molecule has 0 amide bonds. The van der Waals surface area contributed by atoms with Gasteiger partial charge in [-0.2, -0.15) is 0 Å². The molecule has 1 heterocycles. The monoisotopic (exact) mass is 230 g/mol. The van der Waals surface area contributed by atoms with E-state index in [0.717, 1.165) is 6.42 Å². The van der Waals surface area contributed by atoms with E-state index < -0.39 is 0 Å². The van der Waals surface area contributed by atoms with E-state index in [9.17, 15) is 0 Å². The fourth-order valence-electron chi connectivity index (χ4n) is 2.66. The number of nitrogens with two attached hydrogens (primary N) is 1. The second-order valence-corrected chi connectivity index (χ2v) is 4.47. The first-order valence-corrected chi connectivity index (χ1v) is 6.28. The van der Waals surface area contributed by atoms with Gasteiger partial charge in [0.25, 0.3) is 0 Å². The lowest BCUT2D eigenvalue weighted by atomic mass is 10.1. The smallest absolute Gasteiger partial charge is 0.158 e. The summed E-state index contributed by atoms with van der Waals surface area (Å²) < 4.78 is 10.5. The van der Waals surface area contributed by atoms with Crippen molar-refractivity contribution in [2.75, 3.05) is 27.3 Å². The van der Waals surface area contributed by atoms with Crippen molar-refractivity contribution in [3.05, 3.63) is 0 Å². The molecule has 0 aromatic carbocycles. The van der Waals surface area contributed by atoms with Gasteiger partial charge in [-0.25, -0.2) is 0 Å². The molecule has 1 aliphatic heterocycles. The molecule has 96 valence electrons. The Morgan fingerprint density at radius 2 is 2.06 bits per heavy atom.